The number of hydrogen-bond donors (Lipinski definition) is 2. The van der Waals surface area contributed by atoms with Crippen molar-refractivity contribution in [2.75, 3.05) is 6.54 Å². The van der Waals surface area contributed by atoms with Gasteiger partial charge >= 0.3 is 0 Å². The molecule has 3 atom stereocenters. The Balaban J connectivity index is 1.54. The Kier molecular flexibility index (Phi) is 5.77. The van der Waals surface area contributed by atoms with Gasteiger partial charge in [0.25, 0.3) is 11.8 Å². The highest BCUT2D eigenvalue weighted by Gasteiger charge is 2.53. The van der Waals surface area contributed by atoms with Crippen LogP contribution in [0.2, 0.25) is 5.02 Å². The van der Waals surface area contributed by atoms with Crippen molar-refractivity contribution in [3.63, 3.8) is 0 Å². The lowest BCUT2D eigenvalue weighted by atomic mass is 9.84. The van der Waals surface area contributed by atoms with Crippen LogP contribution in [0.25, 0.3) is 0 Å². The predicted octanol–water partition coefficient (Wildman–Crippen LogP) is 3.13. The SMILES string of the molecule is CC1=NOC2(CCC(C)N3CC2n2cc(C(=O)NCc4ccc(F)c(Cl)c4F)c(=O)c(O)c2C3=O)C1. The average Bonchev–Trinajstić information content (AvgIpc) is 3.18. The summed E-state index contributed by atoms with van der Waals surface area (Å²) in [6.45, 7) is 3.58. The van der Waals surface area contributed by atoms with Crippen LogP contribution in [0.1, 0.15) is 65.6 Å². The minimum absolute atomic E-state index is 0.0912. The molecular formula is C24H23ClF2N4O5. The second kappa shape index (κ2) is 8.58. The molecule has 2 bridgehead atoms. The standard InChI is InChI=1S/C24H23ClF2N4O5/c1-11-7-24(36-29-11)6-5-12(2)30-10-16(24)31-9-14(20(32)21(33)19(31)23(30)35)22(34)28-8-13-3-4-15(26)17(25)18(13)27/h3-4,9,12,16,33H,5-8,10H2,1-2H3,(H,28,34). The van der Waals surface area contributed by atoms with Gasteiger partial charge in [-0.3, -0.25) is 14.4 Å². The molecular weight excluding hydrogens is 498 g/mol. The lowest BCUT2D eigenvalue weighted by molar-refractivity contribution is -0.0655. The Labute approximate surface area is 209 Å². The number of hydrogen-bond acceptors (Lipinski definition) is 6. The summed E-state index contributed by atoms with van der Waals surface area (Å²) in [5, 5.41) is 16.6. The van der Waals surface area contributed by atoms with Gasteiger partial charge in [0.15, 0.2) is 17.0 Å². The van der Waals surface area contributed by atoms with Crippen molar-refractivity contribution in [2.45, 2.75) is 57.3 Å². The highest BCUT2D eigenvalue weighted by atomic mass is 35.5. The normalized spacial score (nSPS) is 24.8. The number of amides is 2. The van der Waals surface area contributed by atoms with E-state index in [1.807, 2.05) is 13.8 Å². The van der Waals surface area contributed by atoms with Crippen LogP contribution in [0.3, 0.4) is 0 Å². The third-order valence-corrected chi connectivity index (χ3v) is 7.59. The van der Waals surface area contributed by atoms with Crippen molar-refractivity contribution in [1.29, 1.82) is 0 Å². The molecule has 2 N–H and O–H groups in total. The molecule has 3 unspecified atom stereocenters. The second-order valence-corrected chi connectivity index (χ2v) is 9.89. The molecule has 3 aliphatic heterocycles. The third kappa shape index (κ3) is 3.64. The van der Waals surface area contributed by atoms with E-state index in [2.05, 4.69) is 10.5 Å². The number of carbonyl (C=O) groups is 2. The summed E-state index contributed by atoms with van der Waals surface area (Å²) in [7, 11) is 0. The molecule has 1 spiro atoms. The largest absolute Gasteiger partial charge is 0.503 e. The summed E-state index contributed by atoms with van der Waals surface area (Å²) in [5.41, 5.74) is -1.82. The van der Waals surface area contributed by atoms with E-state index in [-0.39, 0.29) is 30.4 Å². The fourth-order valence-corrected chi connectivity index (χ4v) is 5.44. The first-order valence-electron chi connectivity index (χ1n) is 11.5. The molecule has 1 fully saturated rings. The van der Waals surface area contributed by atoms with Crippen molar-refractivity contribution in [2.24, 2.45) is 5.16 Å². The van der Waals surface area contributed by atoms with Gasteiger partial charge < -0.3 is 24.7 Å². The number of carbonyl (C=O) groups excluding carboxylic acids is 2. The maximum Gasteiger partial charge on any atom is 0.274 e. The number of rotatable bonds is 3. The maximum atomic E-state index is 14.2. The molecule has 0 aliphatic carbocycles. The number of fused-ring (bicyclic) bond motifs is 5. The molecule has 5 rings (SSSR count). The molecule has 1 aromatic heterocycles. The molecule has 0 saturated carbocycles. The maximum absolute atomic E-state index is 14.2. The molecule has 1 aromatic carbocycles. The number of halogens is 3. The Morgan fingerprint density at radius 3 is 2.81 bits per heavy atom. The summed E-state index contributed by atoms with van der Waals surface area (Å²) >= 11 is 5.59. The van der Waals surface area contributed by atoms with Crippen molar-refractivity contribution in [3.05, 3.63) is 62.0 Å². The topological polar surface area (TPSA) is 113 Å². The van der Waals surface area contributed by atoms with Gasteiger partial charge in [0.05, 0.1) is 11.8 Å². The Morgan fingerprint density at radius 2 is 2.11 bits per heavy atom. The van der Waals surface area contributed by atoms with E-state index in [1.165, 1.54) is 10.8 Å². The Bertz CT molecular complexity index is 1390. The number of pyridine rings is 1. The number of aromatic hydroxyl groups is 1. The van der Waals surface area contributed by atoms with E-state index in [1.54, 1.807) is 4.90 Å². The lowest BCUT2D eigenvalue weighted by Gasteiger charge is -2.41. The summed E-state index contributed by atoms with van der Waals surface area (Å²) < 4.78 is 29.1. The zero-order chi connectivity index (χ0) is 25.9. The molecule has 190 valence electrons. The zero-order valence-corrected chi connectivity index (χ0v) is 20.2. The number of benzene rings is 1. The summed E-state index contributed by atoms with van der Waals surface area (Å²) in [4.78, 5) is 46.7. The van der Waals surface area contributed by atoms with Crippen LogP contribution < -0.4 is 10.7 Å². The molecule has 4 heterocycles. The zero-order valence-electron chi connectivity index (χ0n) is 19.5. The van der Waals surface area contributed by atoms with E-state index in [0.29, 0.717) is 19.3 Å². The van der Waals surface area contributed by atoms with E-state index in [0.717, 1.165) is 17.8 Å². The van der Waals surface area contributed by atoms with E-state index in [4.69, 9.17) is 16.4 Å². The van der Waals surface area contributed by atoms with E-state index >= 15 is 0 Å². The number of aromatic nitrogens is 1. The number of nitrogens with one attached hydrogen (secondary N) is 1. The highest BCUT2D eigenvalue weighted by Crippen LogP contribution is 2.46. The Hall–Kier alpha value is -3.47. The molecule has 2 amide bonds. The van der Waals surface area contributed by atoms with Crippen LogP contribution >= 0.6 is 11.6 Å². The first-order chi connectivity index (χ1) is 17.0. The van der Waals surface area contributed by atoms with Gasteiger partial charge in [-0.25, -0.2) is 8.78 Å². The molecule has 2 aromatic rings. The fourth-order valence-electron chi connectivity index (χ4n) is 5.26. The average molecular weight is 521 g/mol. The molecule has 1 saturated heterocycles. The predicted molar refractivity (Wildman–Crippen MR) is 125 cm³/mol. The van der Waals surface area contributed by atoms with Crippen molar-refractivity contribution in [3.8, 4) is 5.75 Å². The van der Waals surface area contributed by atoms with Crippen LogP contribution in [-0.4, -0.2) is 50.3 Å². The van der Waals surface area contributed by atoms with Crippen molar-refractivity contribution >= 4 is 29.1 Å². The first-order valence-corrected chi connectivity index (χ1v) is 11.8. The van der Waals surface area contributed by atoms with Gasteiger partial charge in [-0.05, 0) is 32.8 Å². The third-order valence-electron chi connectivity index (χ3n) is 7.24. The first kappa shape index (κ1) is 24.2. The lowest BCUT2D eigenvalue weighted by Crippen LogP contribution is -2.52. The van der Waals surface area contributed by atoms with Gasteiger partial charge in [0.2, 0.25) is 5.43 Å². The number of oxime groups is 1. The minimum atomic E-state index is -1.04. The quantitative estimate of drug-likeness (QED) is 0.604. The molecule has 0 radical (unpaired) electrons. The van der Waals surface area contributed by atoms with Gasteiger partial charge in [0, 0.05) is 37.3 Å². The van der Waals surface area contributed by atoms with Crippen LogP contribution in [0.15, 0.2) is 28.3 Å². The van der Waals surface area contributed by atoms with Gasteiger partial charge in [0.1, 0.15) is 22.2 Å². The van der Waals surface area contributed by atoms with Gasteiger partial charge in [-0.2, -0.15) is 0 Å². The minimum Gasteiger partial charge on any atom is -0.503 e. The second-order valence-electron chi connectivity index (χ2n) is 9.51. The molecule has 3 aliphatic rings. The van der Waals surface area contributed by atoms with Crippen LogP contribution in [-0.2, 0) is 11.4 Å². The van der Waals surface area contributed by atoms with Gasteiger partial charge in [-0.1, -0.05) is 22.8 Å². The van der Waals surface area contributed by atoms with Gasteiger partial charge in [-0.15, -0.1) is 0 Å². The van der Waals surface area contributed by atoms with Crippen LogP contribution in [0.4, 0.5) is 8.78 Å². The summed E-state index contributed by atoms with van der Waals surface area (Å²) in [6.07, 6.45) is 2.92. The monoisotopic (exact) mass is 520 g/mol. The van der Waals surface area contributed by atoms with Crippen molar-refractivity contribution in [1.82, 2.24) is 14.8 Å². The number of nitrogens with zero attached hydrogens (tertiary/aromatic N) is 3. The van der Waals surface area contributed by atoms with Crippen LogP contribution in [0.5, 0.6) is 5.75 Å². The summed E-state index contributed by atoms with van der Waals surface area (Å²) in [6, 6.07) is 1.40. The molecule has 9 nitrogen and oxygen atoms in total. The fraction of sp³-hybridized carbons (Fsp3) is 0.417. The van der Waals surface area contributed by atoms with E-state index < -0.39 is 56.9 Å². The smallest absolute Gasteiger partial charge is 0.274 e. The highest BCUT2D eigenvalue weighted by molar-refractivity contribution is 6.30. The van der Waals surface area contributed by atoms with Crippen molar-refractivity contribution < 1.29 is 28.3 Å². The molecule has 36 heavy (non-hydrogen) atoms. The van der Waals surface area contributed by atoms with E-state index in [9.17, 15) is 28.3 Å². The molecule has 12 heteroatoms. The van der Waals surface area contributed by atoms with Crippen LogP contribution in [0, 0.1) is 11.6 Å². The summed E-state index contributed by atoms with van der Waals surface area (Å²) in [5.74, 6) is -4.25. The Morgan fingerprint density at radius 1 is 1.36 bits per heavy atom.